The van der Waals surface area contributed by atoms with Crippen LogP contribution >= 0.6 is 0 Å². The van der Waals surface area contributed by atoms with E-state index in [1.807, 2.05) is 0 Å². The standard InChI is InChI=1S/C8H8N2O4/c11-7(12)3-5(8(13)14)6-4-9-1-2-10-6/h1-2,4-5H,3H2,(H,11,12)(H,13,14). The summed E-state index contributed by atoms with van der Waals surface area (Å²) in [5, 5.41) is 17.2. The molecule has 1 rings (SSSR count). The van der Waals surface area contributed by atoms with Gasteiger partial charge in [0.15, 0.2) is 0 Å². The number of rotatable bonds is 4. The maximum atomic E-state index is 10.7. The minimum Gasteiger partial charge on any atom is -0.481 e. The van der Waals surface area contributed by atoms with Crippen molar-refractivity contribution in [3.8, 4) is 0 Å². The summed E-state index contributed by atoms with van der Waals surface area (Å²) < 4.78 is 0. The van der Waals surface area contributed by atoms with Crippen LogP contribution in [0, 0.1) is 0 Å². The van der Waals surface area contributed by atoms with Gasteiger partial charge in [-0.1, -0.05) is 0 Å². The predicted molar refractivity (Wildman–Crippen MR) is 44.7 cm³/mol. The Morgan fingerprint density at radius 3 is 2.50 bits per heavy atom. The predicted octanol–water partition coefficient (Wildman–Crippen LogP) is 0.120. The lowest BCUT2D eigenvalue weighted by molar-refractivity contribution is -0.145. The SMILES string of the molecule is O=C(O)CC(C(=O)O)c1cnccn1. The van der Waals surface area contributed by atoms with Crippen molar-refractivity contribution in [1.82, 2.24) is 9.97 Å². The van der Waals surface area contributed by atoms with Crippen LogP contribution in [0.3, 0.4) is 0 Å². The molecule has 0 spiro atoms. The van der Waals surface area contributed by atoms with Gasteiger partial charge in [-0.25, -0.2) is 0 Å². The molecule has 0 aliphatic carbocycles. The smallest absolute Gasteiger partial charge is 0.313 e. The van der Waals surface area contributed by atoms with Gasteiger partial charge < -0.3 is 10.2 Å². The average molecular weight is 196 g/mol. The molecule has 2 N–H and O–H groups in total. The number of carbonyl (C=O) groups is 2. The van der Waals surface area contributed by atoms with E-state index in [2.05, 4.69) is 9.97 Å². The second-order valence-corrected chi connectivity index (χ2v) is 2.62. The van der Waals surface area contributed by atoms with Crippen molar-refractivity contribution in [2.45, 2.75) is 12.3 Å². The number of aromatic nitrogens is 2. The summed E-state index contributed by atoms with van der Waals surface area (Å²) in [6.45, 7) is 0. The van der Waals surface area contributed by atoms with E-state index in [-0.39, 0.29) is 5.69 Å². The number of hydrogen-bond acceptors (Lipinski definition) is 4. The second-order valence-electron chi connectivity index (χ2n) is 2.62. The van der Waals surface area contributed by atoms with Crippen molar-refractivity contribution in [1.29, 1.82) is 0 Å². The highest BCUT2D eigenvalue weighted by atomic mass is 16.4. The van der Waals surface area contributed by atoms with E-state index >= 15 is 0 Å². The molecule has 74 valence electrons. The van der Waals surface area contributed by atoms with E-state index in [9.17, 15) is 9.59 Å². The third-order valence-corrected chi connectivity index (χ3v) is 1.62. The molecule has 0 amide bonds. The summed E-state index contributed by atoms with van der Waals surface area (Å²) in [5.41, 5.74) is 0.155. The molecule has 0 saturated carbocycles. The first-order valence-corrected chi connectivity index (χ1v) is 3.81. The first kappa shape index (κ1) is 10.1. The van der Waals surface area contributed by atoms with Crippen LogP contribution in [0.1, 0.15) is 18.0 Å². The van der Waals surface area contributed by atoms with Crippen LogP contribution in [-0.2, 0) is 9.59 Å². The molecule has 0 bridgehead atoms. The minimum atomic E-state index is -1.21. The largest absolute Gasteiger partial charge is 0.481 e. The maximum absolute atomic E-state index is 10.7. The van der Waals surface area contributed by atoms with Crippen molar-refractivity contribution < 1.29 is 19.8 Å². The quantitative estimate of drug-likeness (QED) is 0.709. The van der Waals surface area contributed by atoms with Crippen molar-refractivity contribution in [3.05, 3.63) is 24.3 Å². The Bertz CT molecular complexity index is 338. The fraction of sp³-hybridized carbons (Fsp3) is 0.250. The fourth-order valence-electron chi connectivity index (χ4n) is 0.984. The summed E-state index contributed by atoms with van der Waals surface area (Å²) >= 11 is 0. The van der Waals surface area contributed by atoms with Gasteiger partial charge in [0, 0.05) is 18.6 Å². The van der Waals surface area contributed by atoms with Gasteiger partial charge >= 0.3 is 11.9 Å². The van der Waals surface area contributed by atoms with Crippen LogP contribution < -0.4 is 0 Å². The second kappa shape index (κ2) is 4.31. The molecular formula is C8H8N2O4. The summed E-state index contributed by atoms with van der Waals surface area (Å²) in [5.74, 6) is -3.53. The molecule has 6 heteroatoms. The lowest BCUT2D eigenvalue weighted by Gasteiger charge is -2.07. The first-order valence-electron chi connectivity index (χ1n) is 3.81. The van der Waals surface area contributed by atoms with Crippen molar-refractivity contribution >= 4 is 11.9 Å². The van der Waals surface area contributed by atoms with E-state index in [1.54, 1.807) is 0 Å². The maximum Gasteiger partial charge on any atom is 0.313 e. The molecule has 0 saturated heterocycles. The molecule has 1 unspecified atom stereocenters. The van der Waals surface area contributed by atoms with Crippen molar-refractivity contribution in [2.24, 2.45) is 0 Å². The van der Waals surface area contributed by atoms with E-state index in [1.165, 1.54) is 18.6 Å². The van der Waals surface area contributed by atoms with Crippen LogP contribution in [0.25, 0.3) is 0 Å². The Hall–Kier alpha value is -1.98. The molecule has 0 radical (unpaired) electrons. The Morgan fingerprint density at radius 1 is 1.36 bits per heavy atom. The molecule has 0 aliphatic heterocycles. The highest BCUT2D eigenvalue weighted by Crippen LogP contribution is 2.16. The van der Waals surface area contributed by atoms with Crippen LogP contribution in [0.5, 0.6) is 0 Å². The highest BCUT2D eigenvalue weighted by molar-refractivity contribution is 5.81. The van der Waals surface area contributed by atoms with Gasteiger partial charge in [0.2, 0.25) is 0 Å². The Kier molecular flexibility index (Phi) is 3.11. The summed E-state index contributed by atoms with van der Waals surface area (Å²) in [6, 6.07) is 0. The number of carboxylic acid groups (broad SMARTS) is 2. The van der Waals surface area contributed by atoms with Crippen molar-refractivity contribution in [2.75, 3.05) is 0 Å². The van der Waals surface area contributed by atoms with Gasteiger partial charge in [0.1, 0.15) is 5.92 Å². The fourth-order valence-corrected chi connectivity index (χ4v) is 0.984. The molecule has 14 heavy (non-hydrogen) atoms. The zero-order chi connectivity index (χ0) is 10.6. The van der Waals surface area contributed by atoms with Crippen molar-refractivity contribution in [3.63, 3.8) is 0 Å². The third kappa shape index (κ3) is 2.51. The van der Waals surface area contributed by atoms with Crippen LogP contribution in [0.4, 0.5) is 0 Å². The van der Waals surface area contributed by atoms with E-state index in [4.69, 9.17) is 10.2 Å². The zero-order valence-corrected chi connectivity index (χ0v) is 7.12. The molecule has 1 aromatic rings. The third-order valence-electron chi connectivity index (χ3n) is 1.62. The summed E-state index contributed by atoms with van der Waals surface area (Å²) in [7, 11) is 0. The molecule has 0 aromatic carbocycles. The Balaban J connectivity index is 2.89. The monoisotopic (exact) mass is 196 g/mol. The van der Waals surface area contributed by atoms with Gasteiger partial charge in [-0.3, -0.25) is 19.6 Å². The highest BCUT2D eigenvalue weighted by Gasteiger charge is 2.24. The zero-order valence-electron chi connectivity index (χ0n) is 7.12. The topological polar surface area (TPSA) is 100 Å². The number of hydrogen-bond donors (Lipinski definition) is 2. The van der Waals surface area contributed by atoms with Gasteiger partial charge in [-0.05, 0) is 0 Å². The minimum absolute atomic E-state index is 0.155. The van der Waals surface area contributed by atoms with E-state index in [0.29, 0.717) is 0 Å². The molecule has 6 nitrogen and oxygen atoms in total. The normalized spacial score (nSPS) is 12.0. The van der Waals surface area contributed by atoms with E-state index in [0.717, 1.165) is 0 Å². The molecule has 1 atom stereocenters. The molecule has 0 aliphatic rings. The Labute approximate surface area is 79.2 Å². The van der Waals surface area contributed by atoms with E-state index < -0.39 is 24.3 Å². The first-order chi connectivity index (χ1) is 6.61. The summed E-state index contributed by atoms with van der Waals surface area (Å²) in [6.07, 6.45) is 3.48. The van der Waals surface area contributed by atoms with Gasteiger partial charge in [0.05, 0.1) is 12.1 Å². The van der Waals surface area contributed by atoms with Gasteiger partial charge in [-0.15, -0.1) is 0 Å². The number of aliphatic carboxylic acids is 2. The summed E-state index contributed by atoms with van der Waals surface area (Å²) in [4.78, 5) is 28.5. The van der Waals surface area contributed by atoms with Crippen LogP contribution in [0.15, 0.2) is 18.6 Å². The Morgan fingerprint density at radius 2 is 2.07 bits per heavy atom. The van der Waals surface area contributed by atoms with Crippen LogP contribution in [0.2, 0.25) is 0 Å². The molecule has 0 fully saturated rings. The average Bonchev–Trinajstić information content (AvgIpc) is 2.15. The number of nitrogens with zero attached hydrogens (tertiary/aromatic N) is 2. The number of carboxylic acids is 2. The lowest BCUT2D eigenvalue weighted by Crippen LogP contribution is -2.17. The molecule has 1 aromatic heterocycles. The lowest BCUT2D eigenvalue weighted by atomic mass is 10.0. The van der Waals surface area contributed by atoms with Crippen LogP contribution in [-0.4, -0.2) is 32.1 Å². The molecule has 1 heterocycles. The molecular weight excluding hydrogens is 188 g/mol. The van der Waals surface area contributed by atoms with Gasteiger partial charge in [0.25, 0.3) is 0 Å². The van der Waals surface area contributed by atoms with Gasteiger partial charge in [-0.2, -0.15) is 0 Å².